The molecule has 1 amide bonds. The summed E-state index contributed by atoms with van der Waals surface area (Å²) in [6.45, 7) is 5.71. The van der Waals surface area contributed by atoms with Crippen molar-refractivity contribution in [2.75, 3.05) is 57.8 Å². The topological polar surface area (TPSA) is 36.0 Å². The number of anilines is 1. The first-order chi connectivity index (χ1) is 14.2. The first-order valence-electron chi connectivity index (χ1n) is 10.4. The highest BCUT2D eigenvalue weighted by atomic mass is 16.5. The van der Waals surface area contributed by atoms with Crippen LogP contribution in [0.2, 0.25) is 0 Å². The van der Waals surface area contributed by atoms with Crippen molar-refractivity contribution in [1.29, 1.82) is 0 Å². The number of carbonyl (C=O) groups is 1. The standard InChI is InChI=1S/C24H29N3O2/c1-29-23-9-5-8-22(18-23)26-16-14-25(15-17-26)19-24(28)27-12-10-21(11-13-27)20-6-3-2-4-7-20/h2-10,18H,11-17,19H2,1H3. The minimum Gasteiger partial charge on any atom is -0.497 e. The van der Waals surface area contributed by atoms with E-state index in [4.69, 9.17) is 4.74 Å². The Bertz CT molecular complexity index is 857. The van der Waals surface area contributed by atoms with Crippen molar-refractivity contribution in [3.63, 3.8) is 0 Å². The molecule has 0 aliphatic carbocycles. The molecule has 29 heavy (non-hydrogen) atoms. The summed E-state index contributed by atoms with van der Waals surface area (Å²) in [5.74, 6) is 1.12. The van der Waals surface area contributed by atoms with E-state index in [0.717, 1.165) is 44.9 Å². The van der Waals surface area contributed by atoms with E-state index in [-0.39, 0.29) is 5.91 Å². The Morgan fingerprint density at radius 3 is 2.45 bits per heavy atom. The number of amides is 1. The third kappa shape index (κ3) is 4.80. The minimum atomic E-state index is 0.239. The smallest absolute Gasteiger partial charge is 0.237 e. The van der Waals surface area contributed by atoms with Gasteiger partial charge in [-0.25, -0.2) is 0 Å². The summed E-state index contributed by atoms with van der Waals surface area (Å²) in [6, 6.07) is 18.6. The van der Waals surface area contributed by atoms with E-state index in [1.54, 1.807) is 7.11 Å². The van der Waals surface area contributed by atoms with E-state index >= 15 is 0 Å². The third-order valence-electron chi connectivity index (χ3n) is 5.86. The van der Waals surface area contributed by atoms with Crippen molar-refractivity contribution in [3.8, 4) is 5.75 Å². The Labute approximate surface area is 173 Å². The molecule has 4 rings (SSSR count). The fourth-order valence-electron chi connectivity index (χ4n) is 4.07. The summed E-state index contributed by atoms with van der Waals surface area (Å²) >= 11 is 0. The lowest BCUT2D eigenvalue weighted by Crippen LogP contribution is -2.50. The second-order valence-corrected chi connectivity index (χ2v) is 7.65. The molecule has 0 atom stereocenters. The maximum Gasteiger partial charge on any atom is 0.237 e. The molecule has 5 heteroatoms. The van der Waals surface area contributed by atoms with E-state index in [1.807, 2.05) is 23.1 Å². The van der Waals surface area contributed by atoms with Crippen molar-refractivity contribution in [2.45, 2.75) is 6.42 Å². The highest BCUT2D eigenvalue weighted by Gasteiger charge is 2.23. The molecule has 0 unspecified atom stereocenters. The zero-order chi connectivity index (χ0) is 20.1. The maximum absolute atomic E-state index is 12.8. The van der Waals surface area contributed by atoms with Crippen LogP contribution in [0.4, 0.5) is 5.69 Å². The molecule has 1 saturated heterocycles. The molecule has 0 saturated carbocycles. The second-order valence-electron chi connectivity index (χ2n) is 7.65. The number of nitrogens with zero attached hydrogens (tertiary/aromatic N) is 3. The van der Waals surface area contributed by atoms with Crippen molar-refractivity contribution < 1.29 is 9.53 Å². The predicted molar refractivity (Wildman–Crippen MR) is 117 cm³/mol. The lowest BCUT2D eigenvalue weighted by Gasteiger charge is -2.37. The van der Waals surface area contributed by atoms with Gasteiger partial charge in [0.25, 0.3) is 0 Å². The third-order valence-corrected chi connectivity index (χ3v) is 5.86. The number of benzene rings is 2. The van der Waals surface area contributed by atoms with Crippen LogP contribution in [-0.4, -0.2) is 68.6 Å². The van der Waals surface area contributed by atoms with Crippen LogP contribution in [0.3, 0.4) is 0 Å². The van der Waals surface area contributed by atoms with Gasteiger partial charge < -0.3 is 14.5 Å². The SMILES string of the molecule is COc1cccc(N2CCN(CC(=O)N3CC=C(c4ccccc4)CC3)CC2)c1. The molecule has 2 aliphatic heterocycles. The number of ether oxygens (including phenoxy) is 1. The lowest BCUT2D eigenvalue weighted by atomic mass is 9.99. The maximum atomic E-state index is 12.8. The fraction of sp³-hybridized carbons (Fsp3) is 0.375. The zero-order valence-electron chi connectivity index (χ0n) is 17.1. The van der Waals surface area contributed by atoms with Crippen molar-refractivity contribution in [2.24, 2.45) is 0 Å². The number of hydrogen-bond donors (Lipinski definition) is 0. The molecule has 152 valence electrons. The largest absolute Gasteiger partial charge is 0.497 e. The molecule has 0 aromatic heterocycles. The Hall–Kier alpha value is -2.79. The number of methoxy groups -OCH3 is 1. The van der Waals surface area contributed by atoms with Crippen LogP contribution in [0.5, 0.6) is 5.75 Å². The Morgan fingerprint density at radius 2 is 1.76 bits per heavy atom. The first-order valence-corrected chi connectivity index (χ1v) is 10.4. The summed E-state index contributed by atoms with van der Waals surface area (Å²) in [5, 5.41) is 0. The van der Waals surface area contributed by atoms with Crippen LogP contribution in [-0.2, 0) is 4.79 Å². The molecule has 2 aromatic rings. The number of hydrogen-bond acceptors (Lipinski definition) is 4. The van der Waals surface area contributed by atoms with Crippen LogP contribution in [0.15, 0.2) is 60.7 Å². The van der Waals surface area contributed by atoms with Gasteiger partial charge in [-0.2, -0.15) is 0 Å². The Morgan fingerprint density at radius 1 is 0.966 bits per heavy atom. The van der Waals surface area contributed by atoms with Crippen LogP contribution >= 0.6 is 0 Å². The highest BCUT2D eigenvalue weighted by Crippen LogP contribution is 2.23. The summed E-state index contributed by atoms with van der Waals surface area (Å²) in [5.41, 5.74) is 3.81. The number of carbonyl (C=O) groups excluding carboxylic acids is 1. The summed E-state index contributed by atoms with van der Waals surface area (Å²) < 4.78 is 5.33. The van der Waals surface area contributed by atoms with Gasteiger partial charge in [-0.05, 0) is 29.7 Å². The Balaban J connectivity index is 1.26. The molecule has 1 fully saturated rings. The summed E-state index contributed by atoms with van der Waals surface area (Å²) in [6.07, 6.45) is 3.14. The van der Waals surface area contributed by atoms with Crippen molar-refractivity contribution in [1.82, 2.24) is 9.80 Å². The van der Waals surface area contributed by atoms with E-state index in [0.29, 0.717) is 13.1 Å². The van der Waals surface area contributed by atoms with Gasteiger partial charge in [-0.15, -0.1) is 0 Å². The first kappa shape index (κ1) is 19.5. The molecule has 0 bridgehead atoms. The Kier molecular flexibility index (Phi) is 6.15. The molecule has 2 aromatic carbocycles. The number of rotatable bonds is 5. The van der Waals surface area contributed by atoms with Gasteiger partial charge in [-0.1, -0.05) is 42.5 Å². The lowest BCUT2D eigenvalue weighted by molar-refractivity contribution is -0.132. The molecule has 0 N–H and O–H groups in total. The van der Waals surface area contributed by atoms with Gasteiger partial charge in [0.15, 0.2) is 0 Å². The van der Waals surface area contributed by atoms with E-state index in [1.165, 1.54) is 16.8 Å². The molecule has 5 nitrogen and oxygen atoms in total. The molecular formula is C24H29N3O2. The van der Waals surface area contributed by atoms with Gasteiger partial charge in [0.05, 0.1) is 13.7 Å². The molecule has 0 spiro atoms. The van der Waals surface area contributed by atoms with Gasteiger partial charge in [-0.3, -0.25) is 9.69 Å². The van der Waals surface area contributed by atoms with Crippen LogP contribution < -0.4 is 9.64 Å². The van der Waals surface area contributed by atoms with Crippen LogP contribution in [0, 0.1) is 0 Å². The molecule has 2 aliphatic rings. The summed E-state index contributed by atoms with van der Waals surface area (Å²) in [7, 11) is 1.70. The van der Waals surface area contributed by atoms with Crippen LogP contribution in [0.1, 0.15) is 12.0 Å². The van der Waals surface area contributed by atoms with Crippen LogP contribution in [0.25, 0.3) is 5.57 Å². The van der Waals surface area contributed by atoms with Gasteiger partial charge in [0.2, 0.25) is 5.91 Å². The quantitative estimate of drug-likeness (QED) is 0.785. The fourth-order valence-corrected chi connectivity index (χ4v) is 4.07. The highest BCUT2D eigenvalue weighted by molar-refractivity contribution is 5.80. The average Bonchev–Trinajstić information content (AvgIpc) is 2.80. The van der Waals surface area contributed by atoms with Crippen molar-refractivity contribution >= 4 is 17.2 Å². The minimum absolute atomic E-state index is 0.239. The van der Waals surface area contributed by atoms with E-state index in [2.05, 4.69) is 52.3 Å². The van der Waals surface area contributed by atoms with Gasteiger partial charge in [0.1, 0.15) is 5.75 Å². The second kappa shape index (κ2) is 9.14. The normalized spacial score (nSPS) is 17.8. The monoisotopic (exact) mass is 391 g/mol. The molecule has 0 radical (unpaired) electrons. The van der Waals surface area contributed by atoms with Gasteiger partial charge >= 0.3 is 0 Å². The van der Waals surface area contributed by atoms with Gasteiger partial charge in [0, 0.05) is 51.0 Å². The van der Waals surface area contributed by atoms with Crippen molar-refractivity contribution in [3.05, 3.63) is 66.2 Å². The summed E-state index contributed by atoms with van der Waals surface area (Å²) in [4.78, 5) is 19.4. The predicted octanol–water partition coefficient (Wildman–Crippen LogP) is 3.13. The van der Waals surface area contributed by atoms with E-state index < -0.39 is 0 Å². The molecule has 2 heterocycles. The number of piperazine rings is 1. The molecular weight excluding hydrogens is 362 g/mol. The average molecular weight is 392 g/mol. The van der Waals surface area contributed by atoms with E-state index in [9.17, 15) is 4.79 Å². The zero-order valence-corrected chi connectivity index (χ0v) is 17.1.